The molecule has 3 aromatic rings. The molecule has 0 radical (unpaired) electrons. The quantitative estimate of drug-likeness (QED) is 0.288. The van der Waals surface area contributed by atoms with Crippen molar-refractivity contribution in [3.8, 4) is 22.8 Å². The van der Waals surface area contributed by atoms with Crippen molar-refractivity contribution in [2.45, 2.75) is 71.4 Å². The number of carboxylic acid groups (broad SMARTS) is 1. The van der Waals surface area contributed by atoms with Gasteiger partial charge in [-0.2, -0.15) is 0 Å². The zero-order chi connectivity index (χ0) is 29.6. The van der Waals surface area contributed by atoms with Gasteiger partial charge in [0.25, 0.3) is 0 Å². The molecule has 1 aliphatic carbocycles. The number of methoxy groups -OCH3 is 1. The van der Waals surface area contributed by atoms with E-state index < -0.39 is 11.9 Å². The average molecular weight is 573 g/mol. The van der Waals surface area contributed by atoms with Crippen molar-refractivity contribution in [1.82, 2.24) is 9.88 Å². The highest BCUT2D eigenvalue weighted by Gasteiger charge is 2.39. The normalized spacial score (nSPS) is 21.3. The number of ether oxygens (including phenoxy) is 2. The number of hydrogen-bond donors (Lipinski definition) is 1. The van der Waals surface area contributed by atoms with Gasteiger partial charge in [0.15, 0.2) is 0 Å². The molecule has 3 aliphatic rings. The van der Waals surface area contributed by atoms with Gasteiger partial charge in [0.05, 0.1) is 19.2 Å². The molecule has 42 heavy (non-hydrogen) atoms. The summed E-state index contributed by atoms with van der Waals surface area (Å²) in [4.78, 5) is 18.4. The van der Waals surface area contributed by atoms with Gasteiger partial charge < -0.3 is 14.6 Å². The van der Waals surface area contributed by atoms with Gasteiger partial charge in [0.1, 0.15) is 17.7 Å². The molecule has 0 bridgehead atoms. The van der Waals surface area contributed by atoms with Crippen LogP contribution in [0.15, 0.2) is 48.7 Å². The molecule has 1 aromatic heterocycles. The minimum atomic E-state index is -0.749. The SMILES string of the molecule is COc1cc(-c2ccc(C3CCc4ccc([C@H](C5CC5)[C@H](C)C(=O)O)cc4O3)cc2CN2CCC(C)(C)C2)c(F)cn1. The number of pyridine rings is 1. The molecular weight excluding hydrogens is 531 g/mol. The molecule has 7 heteroatoms. The summed E-state index contributed by atoms with van der Waals surface area (Å²) in [5.41, 5.74) is 5.94. The van der Waals surface area contributed by atoms with E-state index in [0.717, 1.165) is 85.3 Å². The highest BCUT2D eigenvalue weighted by atomic mass is 19.1. The Bertz CT molecular complexity index is 1480. The second kappa shape index (κ2) is 11.3. The number of aliphatic carboxylic acids is 1. The summed E-state index contributed by atoms with van der Waals surface area (Å²) in [5, 5.41) is 9.76. The predicted molar refractivity (Wildman–Crippen MR) is 160 cm³/mol. The van der Waals surface area contributed by atoms with Crippen LogP contribution in [0.2, 0.25) is 0 Å². The first-order valence-corrected chi connectivity index (χ1v) is 15.2. The first kappa shape index (κ1) is 28.7. The summed E-state index contributed by atoms with van der Waals surface area (Å²) in [6.07, 6.45) is 6.11. The predicted octanol–water partition coefficient (Wildman–Crippen LogP) is 7.41. The fourth-order valence-electron chi connectivity index (χ4n) is 6.95. The van der Waals surface area contributed by atoms with Crippen molar-refractivity contribution in [2.24, 2.45) is 17.3 Å². The smallest absolute Gasteiger partial charge is 0.306 e. The van der Waals surface area contributed by atoms with E-state index in [0.29, 0.717) is 17.4 Å². The van der Waals surface area contributed by atoms with E-state index in [1.807, 2.05) is 13.0 Å². The Morgan fingerprint density at radius 1 is 1.17 bits per heavy atom. The maximum Gasteiger partial charge on any atom is 0.306 e. The summed E-state index contributed by atoms with van der Waals surface area (Å²) in [6.45, 7) is 9.13. The lowest BCUT2D eigenvalue weighted by Gasteiger charge is -2.29. The Morgan fingerprint density at radius 3 is 2.67 bits per heavy atom. The minimum Gasteiger partial charge on any atom is -0.485 e. The van der Waals surface area contributed by atoms with E-state index in [1.54, 1.807) is 13.2 Å². The molecular formula is C35H41FN2O4. The Balaban J connectivity index is 1.32. The number of likely N-dealkylation sites (tertiary alicyclic amines) is 1. The van der Waals surface area contributed by atoms with Gasteiger partial charge >= 0.3 is 5.97 Å². The van der Waals surface area contributed by atoms with E-state index in [4.69, 9.17) is 9.47 Å². The summed E-state index contributed by atoms with van der Waals surface area (Å²) in [7, 11) is 1.54. The first-order valence-electron chi connectivity index (χ1n) is 15.2. The van der Waals surface area contributed by atoms with Crippen LogP contribution in [-0.2, 0) is 17.8 Å². The number of hydrogen-bond acceptors (Lipinski definition) is 5. The van der Waals surface area contributed by atoms with E-state index in [-0.39, 0.29) is 23.3 Å². The number of halogens is 1. The van der Waals surface area contributed by atoms with Crippen molar-refractivity contribution >= 4 is 5.97 Å². The van der Waals surface area contributed by atoms with Crippen LogP contribution in [-0.4, -0.2) is 41.2 Å². The number of aromatic nitrogens is 1. The molecule has 6 rings (SSSR count). The zero-order valence-electron chi connectivity index (χ0n) is 25.0. The van der Waals surface area contributed by atoms with E-state index in [1.165, 1.54) is 6.20 Å². The molecule has 1 saturated heterocycles. The average Bonchev–Trinajstić information content (AvgIpc) is 3.75. The summed E-state index contributed by atoms with van der Waals surface area (Å²) in [6, 6.07) is 14.2. The molecule has 3 atom stereocenters. The molecule has 1 saturated carbocycles. The number of benzene rings is 2. The summed E-state index contributed by atoms with van der Waals surface area (Å²) >= 11 is 0. The van der Waals surface area contributed by atoms with E-state index in [2.05, 4.69) is 54.1 Å². The van der Waals surface area contributed by atoms with Crippen LogP contribution in [0, 0.1) is 23.1 Å². The van der Waals surface area contributed by atoms with Crippen molar-refractivity contribution in [1.29, 1.82) is 0 Å². The molecule has 222 valence electrons. The largest absolute Gasteiger partial charge is 0.485 e. The molecule has 1 N–H and O–H groups in total. The molecule has 2 aliphatic heterocycles. The highest BCUT2D eigenvalue weighted by molar-refractivity contribution is 5.71. The summed E-state index contributed by atoms with van der Waals surface area (Å²) in [5.74, 6) is 0.0968. The highest BCUT2D eigenvalue weighted by Crippen LogP contribution is 2.48. The first-order chi connectivity index (χ1) is 20.1. The third-order valence-corrected chi connectivity index (χ3v) is 9.46. The lowest BCUT2D eigenvalue weighted by atomic mass is 9.82. The maximum atomic E-state index is 15.1. The zero-order valence-corrected chi connectivity index (χ0v) is 25.0. The standard InChI is InChI=1S/C35H41FN2O4/c1-21(34(39)40)33(23-6-7-23)25-8-5-22-10-12-30(42-31(22)16-25)24-9-11-27(28-17-32(41-4)37-18-29(28)36)26(15-24)19-38-14-13-35(2,3)20-38/h5,8-9,11,15-18,21,23,30,33H,6-7,10,12-14,19-20H2,1-4H3,(H,39,40)/t21-,30?,33-/m0/s1. The van der Waals surface area contributed by atoms with Crippen molar-refractivity contribution in [3.05, 3.63) is 76.7 Å². The van der Waals surface area contributed by atoms with E-state index >= 15 is 4.39 Å². The van der Waals surface area contributed by atoms with Gasteiger partial charge in [0.2, 0.25) is 5.88 Å². The van der Waals surface area contributed by atoms with Gasteiger partial charge in [-0.25, -0.2) is 9.37 Å². The van der Waals surface area contributed by atoms with Crippen LogP contribution < -0.4 is 9.47 Å². The fourth-order valence-corrected chi connectivity index (χ4v) is 6.95. The van der Waals surface area contributed by atoms with Crippen LogP contribution in [0.1, 0.15) is 80.7 Å². The van der Waals surface area contributed by atoms with Crippen LogP contribution in [0.5, 0.6) is 11.6 Å². The van der Waals surface area contributed by atoms with Gasteiger partial charge in [-0.3, -0.25) is 9.69 Å². The van der Waals surface area contributed by atoms with Crippen molar-refractivity contribution < 1.29 is 23.8 Å². The van der Waals surface area contributed by atoms with Crippen LogP contribution in [0.25, 0.3) is 11.1 Å². The Kier molecular flexibility index (Phi) is 7.73. The number of carbonyl (C=O) groups is 1. The molecule has 2 fully saturated rings. The number of fused-ring (bicyclic) bond motifs is 1. The maximum absolute atomic E-state index is 15.1. The molecule has 1 unspecified atom stereocenters. The fraction of sp³-hybridized carbons (Fsp3) is 0.486. The number of rotatable bonds is 9. The lowest BCUT2D eigenvalue weighted by molar-refractivity contribution is -0.142. The van der Waals surface area contributed by atoms with Crippen molar-refractivity contribution in [2.75, 3.05) is 20.2 Å². The second-order valence-electron chi connectivity index (χ2n) is 13.3. The topological polar surface area (TPSA) is 71.9 Å². The third-order valence-electron chi connectivity index (χ3n) is 9.46. The lowest BCUT2D eigenvalue weighted by Crippen LogP contribution is -2.23. The molecule has 0 amide bonds. The molecule has 6 nitrogen and oxygen atoms in total. The van der Waals surface area contributed by atoms with Gasteiger partial charge in [-0.05, 0) is 89.8 Å². The Morgan fingerprint density at radius 2 is 1.98 bits per heavy atom. The minimum absolute atomic E-state index is 0.000348. The number of aryl methyl sites for hydroxylation is 1. The molecule has 3 heterocycles. The monoisotopic (exact) mass is 572 g/mol. The van der Waals surface area contributed by atoms with E-state index in [9.17, 15) is 9.90 Å². The molecule has 2 aromatic carbocycles. The second-order valence-corrected chi connectivity index (χ2v) is 13.3. The summed E-state index contributed by atoms with van der Waals surface area (Å²) < 4.78 is 27.1. The third kappa shape index (κ3) is 5.89. The molecule has 0 spiro atoms. The Hall–Kier alpha value is -3.45. The Labute approximate surface area is 247 Å². The number of carboxylic acids is 1. The van der Waals surface area contributed by atoms with Crippen LogP contribution >= 0.6 is 0 Å². The van der Waals surface area contributed by atoms with Crippen LogP contribution in [0.3, 0.4) is 0 Å². The number of nitrogens with zero attached hydrogens (tertiary/aromatic N) is 2. The van der Waals surface area contributed by atoms with Crippen molar-refractivity contribution in [3.63, 3.8) is 0 Å². The van der Waals surface area contributed by atoms with Gasteiger partial charge in [-0.15, -0.1) is 0 Å². The van der Waals surface area contributed by atoms with Gasteiger partial charge in [0, 0.05) is 24.7 Å². The van der Waals surface area contributed by atoms with Crippen LogP contribution in [0.4, 0.5) is 4.39 Å². The van der Waals surface area contributed by atoms with Gasteiger partial charge in [-0.1, -0.05) is 51.1 Å².